The Morgan fingerprint density at radius 2 is 1.12 bits per heavy atom. The van der Waals surface area contributed by atoms with E-state index in [9.17, 15) is 0 Å². The average Bonchev–Trinajstić information content (AvgIpc) is 0.722. The molecular weight excluding hydrogens is 173 g/mol. The second kappa shape index (κ2) is 7.65. The summed E-state index contributed by atoms with van der Waals surface area (Å²) >= 11 is 0. The van der Waals surface area contributed by atoms with Crippen LogP contribution in [0.5, 0.6) is 0 Å². The van der Waals surface area contributed by atoms with Gasteiger partial charge in [0.25, 0.3) is 0 Å². The zero-order chi connectivity index (χ0) is 4.50. The molecule has 5 nitrogen and oxygen atoms in total. The van der Waals surface area contributed by atoms with Crippen molar-refractivity contribution in [2.45, 2.75) is 0 Å². The van der Waals surface area contributed by atoms with Gasteiger partial charge in [-0.15, -0.1) is 12.4 Å². The third kappa shape index (κ3) is 499. The monoisotopic (exact) mass is 181 g/mol. The lowest BCUT2D eigenvalue weighted by Gasteiger charge is -1.68. The van der Waals surface area contributed by atoms with Gasteiger partial charge in [-0.05, 0) is 0 Å². The van der Waals surface area contributed by atoms with Crippen molar-refractivity contribution in [3.8, 4) is 0 Å². The molecule has 0 saturated carbocycles. The molecule has 0 saturated heterocycles. The third-order valence-corrected chi connectivity index (χ3v) is 0. The van der Waals surface area contributed by atoms with Crippen molar-refractivity contribution >= 4 is 40.2 Å². The first kappa shape index (κ1) is 23.4. The van der Waals surface area contributed by atoms with Gasteiger partial charge in [0.05, 0.1) is 0 Å². The van der Waals surface area contributed by atoms with Crippen LogP contribution in [0.3, 0.4) is 0 Å². The molecule has 5 N–H and O–H groups in total. The van der Waals surface area contributed by atoms with Gasteiger partial charge in [0.1, 0.15) is 0 Å². The van der Waals surface area contributed by atoms with E-state index in [0.717, 1.165) is 0 Å². The lowest BCUT2D eigenvalue weighted by molar-refractivity contribution is 0.381. The van der Waals surface area contributed by atoms with E-state index in [0.29, 0.717) is 0 Å². The van der Waals surface area contributed by atoms with Gasteiger partial charge < -0.3 is 6.15 Å². The third-order valence-electron chi connectivity index (χ3n) is 0. The lowest BCUT2D eigenvalue weighted by Crippen LogP contribution is -1.89. The van der Waals surface area contributed by atoms with Gasteiger partial charge in [-0.1, -0.05) is 0 Å². The second-order valence-electron chi connectivity index (χ2n) is 0.448. The molecule has 0 fully saturated rings. The highest BCUT2D eigenvalue weighted by Gasteiger charge is 1.84. The van der Waals surface area contributed by atoms with Crippen LogP contribution >= 0.6 is 12.4 Å². The SMILES string of the molecule is Cl.N.O=S(=O)(O)O.[AlH3]. The first-order valence-corrected chi connectivity index (χ1v) is 2.10. The molecule has 0 aromatic carbocycles. The maximum absolute atomic E-state index is 8.74. The van der Waals surface area contributed by atoms with Gasteiger partial charge >= 0.3 is 10.4 Å². The van der Waals surface area contributed by atoms with E-state index in [4.69, 9.17) is 17.5 Å². The molecular formula is H9AlClNO4S. The van der Waals surface area contributed by atoms with E-state index in [1.54, 1.807) is 0 Å². The molecule has 8 heavy (non-hydrogen) atoms. The normalized spacial score (nSPS) is 7.25. The van der Waals surface area contributed by atoms with Crippen molar-refractivity contribution in [3.63, 3.8) is 0 Å². The molecule has 8 heteroatoms. The predicted molar refractivity (Wildman–Crippen MR) is 36.4 cm³/mol. The highest BCUT2D eigenvalue weighted by molar-refractivity contribution is 7.79. The lowest BCUT2D eigenvalue weighted by atomic mass is 14.0. The van der Waals surface area contributed by atoms with Crippen molar-refractivity contribution in [1.29, 1.82) is 0 Å². The summed E-state index contributed by atoms with van der Waals surface area (Å²) in [7, 11) is -4.67. The minimum atomic E-state index is -4.67. The Kier molecular flexibility index (Phi) is 22.4. The van der Waals surface area contributed by atoms with Crippen LogP contribution in [0.2, 0.25) is 0 Å². The second-order valence-corrected chi connectivity index (χ2v) is 1.34. The molecule has 0 aromatic heterocycles. The van der Waals surface area contributed by atoms with Crippen LogP contribution in [0.25, 0.3) is 0 Å². The fraction of sp³-hybridized carbons (Fsp3) is 0. The van der Waals surface area contributed by atoms with Crippen LogP contribution in [-0.4, -0.2) is 34.9 Å². The van der Waals surface area contributed by atoms with Gasteiger partial charge in [-0.25, -0.2) is 0 Å². The van der Waals surface area contributed by atoms with Gasteiger partial charge in [0.2, 0.25) is 0 Å². The quantitative estimate of drug-likeness (QED) is 0.319. The van der Waals surface area contributed by atoms with Crippen molar-refractivity contribution in [2.24, 2.45) is 0 Å². The molecule has 0 aliphatic rings. The van der Waals surface area contributed by atoms with Gasteiger partial charge in [0.15, 0.2) is 17.4 Å². The zero-order valence-corrected chi connectivity index (χ0v) is 4.87. The standard InChI is InChI=1S/Al.ClH.H3N.H2O4S.3H/c;;;1-5(2,3)4;;;/h;1H;1H3;(H2,1,2,3,4);;;. The number of hydrogen-bond acceptors (Lipinski definition) is 3. The minimum absolute atomic E-state index is 0. The van der Waals surface area contributed by atoms with E-state index in [-0.39, 0.29) is 35.9 Å². The maximum Gasteiger partial charge on any atom is 0.394 e. The predicted octanol–water partition coefficient (Wildman–Crippen LogP) is -1.25. The summed E-state index contributed by atoms with van der Waals surface area (Å²) < 4.78 is 31.6. The van der Waals surface area contributed by atoms with Crippen molar-refractivity contribution in [2.75, 3.05) is 0 Å². The fourth-order valence-electron chi connectivity index (χ4n) is 0. The van der Waals surface area contributed by atoms with Crippen molar-refractivity contribution < 1.29 is 17.5 Å². The topological polar surface area (TPSA) is 110 Å². The molecule has 0 spiro atoms. The highest BCUT2D eigenvalue weighted by atomic mass is 35.5. The molecule has 0 radical (unpaired) electrons. The molecule has 0 unspecified atom stereocenters. The van der Waals surface area contributed by atoms with Crippen LogP contribution in [0.15, 0.2) is 0 Å². The number of hydrogen-bond donors (Lipinski definition) is 3. The summed E-state index contributed by atoms with van der Waals surface area (Å²) in [6, 6.07) is 0. The number of rotatable bonds is 0. The van der Waals surface area contributed by atoms with E-state index in [1.165, 1.54) is 0 Å². The first-order chi connectivity index (χ1) is 2.00. The first-order valence-electron chi connectivity index (χ1n) is 0.698. The molecule has 0 aliphatic heterocycles. The van der Waals surface area contributed by atoms with Crippen LogP contribution in [0.1, 0.15) is 0 Å². The van der Waals surface area contributed by atoms with Crippen molar-refractivity contribution in [1.82, 2.24) is 6.15 Å². The molecule has 0 rings (SSSR count). The Balaban J connectivity index is -0.0000000267. The summed E-state index contributed by atoms with van der Waals surface area (Å²) in [4.78, 5) is 0. The molecule has 0 amide bonds. The maximum atomic E-state index is 8.74. The molecule has 0 aromatic rings. The Morgan fingerprint density at radius 3 is 1.12 bits per heavy atom. The van der Waals surface area contributed by atoms with Crippen LogP contribution in [0, 0.1) is 0 Å². The van der Waals surface area contributed by atoms with Crippen LogP contribution in [-0.2, 0) is 10.4 Å². The Labute approximate surface area is 64.2 Å². The Morgan fingerprint density at radius 1 is 1.12 bits per heavy atom. The summed E-state index contributed by atoms with van der Waals surface area (Å²) in [5.74, 6) is 0. The fourth-order valence-corrected chi connectivity index (χ4v) is 0. The van der Waals surface area contributed by atoms with Crippen LogP contribution < -0.4 is 6.15 Å². The zero-order valence-electron chi connectivity index (χ0n) is 3.23. The summed E-state index contributed by atoms with van der Waals surface area (Å²) in [6.07, 6.45) is 0. The van der Waals surface area contributed by atoms with Gasteiger partial charge in [-0.2, -0.15) is 8.42 Å². The largest absolute Gasteiger partial charge is 0.394 e. The molecule has 0 atom stereocenters. The highest BCUT2D eigenvalue weighted by Crippen LogP contribution is 1.59. The van der Waals surface area contributed by atoms with Crippen LogP contribution in [0.4, 0.5) is 0 Å². The van der Waals surface area contributed by atoms with Crippen molar-refractivity contribution in [3.05, 3.63) is 0 Å². The Hall–Kier alpha value is 0.652. The van der Waals surface area contributed by atoms with E-state index < -0.39 is 10.4 Å². The minimum Gasteiger partial charge on any atom is -0.344 e. The molecule has 54 valence electrons. The molecule has 0 bridgehead atoms. The Bertz CT molecular complexity index is 99.2. The van der Waals surface area contributed by atoms with E-state index in [1.807, 2.05) is 0 Å². The summed E-state index contributed by atoms with van der Waals surface area (Å²) in [5, 5.41) is 0. The molecule has 0 heterocycles. The number of halogens is 1. The van der Waals surface area contributed by atoms with Gasteiger partial charge in [-0.3, -0.25) is 9.11 Å². The van der Waals surface area contributed by atoms with E-state index in [2.05, 4.69) is 0 Å². The summed E-state index contributed by atoms with van der Waals surface area (Å²) in [6.45, 7) is 0. The average molecular weight is 182 g/mol. The molecule has 0 aliphatic carbocycles. The summed E-state index contributed by atoms with van der Waals surface area (Å²) in [5.41, 5.74) is 0. The smallest absolute Gasteiger partial charge is 0.344 e. The van der Waals surface area contributed by atoms with Gasteiger partial charge in [0, 0.05) is 0 Å². The van der Waals surface area contributed by atoms with E-state index >= 15 is 0 Å².